The maximum Gasteiger partial charge on any atom is 0.186 e. The standard InChI is InChI=1S/C17H37ClOSi/c1-4-5-6-7-8-9-10-11-12-13-16-19-20(2,3)17-14-15-18/h4-17H2,1-3H3. The fraction of sp³-hybridized carbons (Fsp3) is 1.00. The minimum Gasteiger partial charge on any atom is -0.417 e. The van der Waals surface area contributed by atoms with E-state index in [0.717, 1.165) is 18.9 Å². The van der Waals surface area contributed by atoms with Crippen molar-refractivity contribution in [1.82, 2.24) is 0 Å². The predicted octanol–water partition coefficient (Wildman–Crippen LogP) is 6.76. The Morgan fingerprint density at radius 2 is 1.25 bits per heavy atom. The van der Waals surface area contributed by atoms with Gasteiger partial charge in [0, 0.05) is 12.5 Å². The summed E-state index contributed by atoms with van der Waals surface area (Å²) in [4.78, 5) is 0. The zero-order chi connectivity index (χ0) is 15.1. The van der Waals surface area contributed by atoms with Crippen molar-refractivity contribution in [2.75, 3.05) is 12.5 Å². The van der Waals surface area contributed by atoms with E-state index in [9.17, 15) is 0 Å². The molecule has 0 saturated carbocycles. The monoisotopic (exact) mass is 320 g/mol. The van der Waals surface area contributed by atoms with E-state index in [-0.39, 0.29) is 0 Å². The SMILES string of the molecule is CCCCCCCCCCCCO[Si](C)(C)CCCCl. The highest BCUT2D eigenvalue weighted by Crippen LogP contribution is 2.16. The van der Waals surface area contributed by atoms with Gasteiger partial charge < -0.3 is 4.43 Å². The predicted molar refractivity (Wildman–Crippen MR) is 95.4 cm³/mol. The van der Waals surface area contributed by atoms with Crippen LogP contribution in [0.1, 0.15) is 77.6 Å². The summed E-state index contributed by atoms with van der Waals surface area (Å²) < 4.78 is 6.08. The summed E-state index contributed by atoms with van der Waals surface area (Å²) in [5.41, 5.74) is 0. The molecule has 0 atom stereocenters. The molecule has 122 valence electrons. The topological polar surface area (TPSA) is 9.23 Å². The summed E-state index contributed by atoms with van der Waals surface area (Å²) in [7, 11) is -1.40. The Hall–Kier alpha value is 0.467. The summed E-state index contributed by atoms with van der Waals surface area (Å²) >= 11 is 5.75. The van der Waals surface area contributed by atoms with Crippen molar-refractivity contribution < 1.29 is 4.43 Å². The van der Waals surface area contributed by atoms with Crippen LogP contribution in [0.2, 0.25) is 19.1 Å². The first-order chi connectivity index (χ1) is 9.62. The molecule has 20 heavy (non-hydrogen) atoms. The molecule has 0 aliphatic rings. The molecule has 1 nitrogen and oxygen atoms in total. The quantitative estimate of drug-likeness (QED) is 0.184. The number of alkyl halides is 1. The molecule has 0 amide bonds. The average Bonchev–Trinajstić information content (AvgIpc) is 2.42. The molecular formula is C17H37ClOSi. The van der Waals surface area contributed by atoms with Crippen LogP contribution < -0.4 is 0 Å². The zero-order valence-corrected chi connectivity index (χ0v) is 15.9. The maximum atomic E-state index is 6.08. The molecule has 0 aromatic carbocycles. The van der Waals surface area contributed by atoms with Crippen LogP contribution in [0.25, 0.3) is 0 Å². The third-order valence-electron chi connectivity index (χ3n) is 3.90. The van der Waals surface area contributed by atoms with Gasteiger partial charge in [-0.2, -0.15) is 0 Å². The van der Waals surface area contributed by atoms with Crippen LogP contribution in [0.5, 0.6) is 0 Å². The first-order valence-electron chi connectivity index (χ1n) is 8.82. The van der Waals surface area contributed by atoms with E-state index in [1.54, 1.807) is 0 Å². The van der Waals surface area contributed by atoms with Crippen LogP contribution in [0.15, 0.2) is 0 Å². The van der Waals surface area contributed by atoms with Gasteiger partial charge in [-0.3, -0.25) is 0 Å². The van der Waals surface area contributed by atoms with Crippen LogP contribution >= 0.6 is 11.6 Å². The van der Waals surface area contributed by atoms with Crippen molar-refractivity contribution in [2.24, 2.45) is 0 Å². The molecule has 0 bridgehead atoms. The van der Waals surface area contributed by atoms with Gasteiger partial charge in [-0.25, -0.2) is 0 Å². The Morgan fingerprint density at radius 1 is 0.750 bits per heavy atom. The van der Waals surface area contributed by atoms with E-state index in [2.05, 4.69) is 20.0 Å². The smallest absolute Gasteiger partial charge is 0.186 e. The lowest BCUT2D eigenvalue weighted by Crippen LogP contribution is -2.30. The molecule has 0 radical (unpaired) electrons. The van der Waals surface area contributed by atoms with Crippen LogP contribution in [0.3, 0.4) is 0 Å². The fourth-order valence-corrected chi connectivity index (χ4v) is 4.73. The van der Waals surface area contributed by atoms with Crippen molar-refractivity contribution >= 4 is 19.9 Å². The summed E-state index contributed by atoms with van der Waals surface area (Å²) in [5, 5.41) is 0. The van der Waals surface area contributed by atoms with E-state index >= 15 is 0 Å². The second kappa shape index (κ2) is 14.4. The second-order valence-electron chi connectivity index (χ2n) is 6.58. The normalized spacial score (nSPS) is 12.0. The lowest BCUT2D eigenvalue weighted by atomic mass is 10.1. The van der Waals surface area contributed by atoms with Gasteiger partial charge >= 0.3 is 0 Å². The van der Waals surface area contributed by atoms with Crippen molar-refractivity contribution in [3.63, 3.8) is 0 Å². The fourth-order valence-electron chi connectivity index (χ4n) is 2.50. The molecule has 0 aliphatic heterocycles. The minimum atomic E-state index is -1.40. The maximum absolute atomic E-state index is 6.08. The van der Waals surface area contributed by atoms with Gasteiger partial charge in [-0.15, -0.1) is 11.6 Å². The van der Waals surface area contributed by atoms with Gasteiger partial charge in [0.15, 0.2) is 8.32 Å². The van der Waals surface area contributed by atoms with Crippen molar-refractivity contribution in [3.05, 3.63) is 0 Å². The van der Waals surface area contributed by atoms with Gasteiger partial charge in [0.1, 0.15) is 0 Å². The van der Waals surface area contributed by atoms with Crippen molar-refractivity contribution in [1.29, 1.82) is 0 Å². The van der Waals surface area contributed by atoms with Gasteiger partial charge in [0.2, 0.25) is 0 Å². The second-order valence-corrected chi connectivity index (χ2v) is 11.3. The molecule has 0 fully saturated rings. The van der Waals surface area contributed by atoms with Crippen LogP contribution in [-0.2, 0) is 4.43 Å². The molecule has 0 aliphatic carbocycles. The Bertz CT molecular complexity index is 197. The molecule has 0 aromatic heterocycles. The van der Waals surface area contributed by atoms with E-state index in [0.29, 0.717) is 0 Å². The lowest BCUT2D eigenvalue weighted by Gasteiger charge is -2.22. The van der Waals surface area contributed by atoms with E-state index in [4.69, 9.17) is 16.0 Å². The molecule has 0 aromatic rings. The summed E-state index contributed by atoms with van der Waals surface area (Å²) in [6, 6.07) is 1.20. The number of unbranched alkanes of at least 4 members (excludes halogenated alkanes) is 9. The molecule has 0 saturated heterocycles. The highest BCUT2D eigenvalue weighted by atomic mass is 35.5. The van der Waals surface area contributed by atoms with Crippen LogP contribution in [0, 0.1) is 0 Å². The summed E-state index contributed by atoms with van der Waals surface area (Å²) in [6.07, 6.45) is 15.0. The molecule has 0 heterocycles. The van der Waals surface area contributed by atoms with Crippen LogP contribution in [-0.4, -0.2) is 20.8 Å². The highest BCUT2D eigenvalue weighted by molar-refractivity contribution is 6.71. The van der Waals surface area contributed by atoms with Gasteiger partial charge in [0.05, 0.1) is 0 Å². The van der Waals surface area contributed by atoms with Gasteiger partial charge in [-0.05, 0) is 32.0 Å². The molecule has 0 N–H and O–H groups in total. The Kier molecular flexibility index (Phi) is 14.7. The minimum absolute atomic E-state index is 0.776. The van der Waals surface area contributed by atoms with E-state index in [1.165, 1.54) is 70.3 Å². The highest BCUT2D eigenvalue weighted by Gasteiger charge is 2.20. The molecular weight excluding hydrogens is 284 g/mol. The largest absolute Gasteiger partial charge is 0.417 e. The number of rotatable bonds is 15. The third-order valence-corrected chi connectivity index (χ3v) is 6.71. The first-order valence-corrected chi connectivity index (χ1v) is 12.5. The Morgan fingerprint density at radius 3 is 1.75 bits per heavy atom. The molecule has 3 heteroatoms. The third kappa shape index (κ3) is 14.9. The van der Waals surface area contributed by atoms with Gasteiger partial charge in [-0.1, -0.05) is 64.7 Å². The molecule has 0 spiro atoms. The molecule has 0 rings (SSSR count). The average molecular weight is 321 g/mol. The Balaban J connectivity index is 3.20. The summed E-state index contributed by atoms with van der Waals surface area (Å²) in [5.74, 6) is 0.776. The van der Waals surface area contributed by atoms with E-state index in [1.807, 2.05) is 0 Å². The zero-order valence-electron chi connectivity index (χ0n) is 14.2. The van der Waals surface area contributed by atoms with Crippen molar-refractivity contribution in [2.45, 2.75) is 96.7 Å². The van der Waals surface area contributed by atoms with E-state index < -0.39 is 8.32 Å². The lowest BCUT2D eigenvalue weighted by molar-refractivity contribution is 0.293. The number of halogens is 1. The number of hydrogen-bond donors (Lipinski definition) is 0. The first kappa shape index (κ1) is 20.5. The van der Waals surface area contributed by atoms with Gasteiger partial charge in [0.25, 0.3) is 0 Å². The van der Waals surface area contributed by atoms with Crippen molar-refractivity contribution in [3.8, 4) is 0 Å². The molecule has 0 unspecified atom stereocenters. The van der Waals surface area contributed by atoms with Crippen LogP contribution in [0.4, 0.5) is 0 Å². The summed E-state index contributed by atoms with van der Waals surface area (Å²) in [6.45, 7) is 7.88. The number of hydrogen-bond acceptors (Lipinski definition) is 1. The Labute approximate surface area is 133 Å².